The summed E-state index contributed by atoms with van der Waals surface area (Å²) in [7, 11) is 0. The van der Waals surface area contributed by atoms with E-state index in [0.29, 0.717) is 11.6 Å². The Hall–Kier alpha value is -2.30. The summed E-state index contributed by atoms with van der Waals surface area (Å²) in [4.78, 5) is 11.8. The predicted octanol–water partition coefficient (Wildman–Crippen LogP) is 3.89. The number of carbonyl (C=O) groups is 1. The molecule has 20 heavy (non-hydrogen) atoms. The molecule has 0 aliphatic carbocycles. The van der Waals surface area contributed by atoms with Gasteiger partial charge in [0, 0.05) is 11.0 Å². The molecule has 106 valence electrons. The maximum atomic E-state index is 11.8. The van der Waals surface area contributed by atoms with Crippen LogP contribution in [0.3, 0.4) is 0 Å². The summed E-state index contributed by atoms with van der Waals surface area (Å²) in [5.41, 5.74) is 1.48. The highest BCUT2D eigenvalue weighted by Gasteiger charge is 2.24. The fraction of sp³-hybridized carbons (Fsp3) is 0.333. The van der Waals surface area contributed by atoms with Crippen LogP contribution in [0.2, 0.25) is 0 Å². The van der Waals surface area contributed by atoms with E-state index in [1.165, 1.54) is 0 Å². The van der Waals surface area contributed by atoms with Crippen LogP contribution in [-0.4, -0.2) is 11.2 Å². The molecule has 0 saturated carbocycles. The van der Waals surface area contributed by atoms with Crippen molar-refractivity contribution in [2.75, 3.05) is 5.32 Å². The summed E-state index contributed by atoms with van der Waals surface area (Å²) in [6.07, 6.45) is -0.601. The zero-order valence-electron chi connectivity index (χ0n) is 12.1. The van der Waals surface area contributed by atoms with Gasteiger partial charge in [0.2, 0.25) is 5.88 Å². The SMILES string of the molecule is Cc1c(C(C)(C)C)noc1NC(=O)Oc1ccccc1. The van der Waals surface area contributed by atoms with E-state index in [9.17, 15) is 4.79 Å². The van der Waals surface area contributed by atoms with Gasteiger partial charge in [-0.1, -0.05) is 44.1 Å². The zero-order chi connectivity index (χ0) is 14.8. The maximum Gasteiger partial charge on any atom is 0.419 e. The molecular weight excluding hydrogens is 256 g/mol. The van der Waals surface area contributed by atoms with Crippen LogP contribution >= 0.6 is 0 Å². The van der Waals surface area contributed by atoms with Crippen molar-refractivity contribution in [1.82, 2.24) is 5.16 Å². The molecule has 1 amide bonds. The minimum absolute atomic E-state index is 0.142. The Bertz CT molecular complexity index is 597. The highest BCUT2D eigenvalue weighted by molar-refractivity contribution is 5.85. The molecule has 2 aromatic rings. The van der Waals surface area contributed by atoms with Crippen molar-refractivity contribution in [2.24, 2.45) is 0 Å². The van der Waals surface area contributed by atoms with E-state index in [-0.39, 0.29) is 5.41 Å². The monoisotopic (exact) mass is 274 g/mol. The highest BCUT2D eigenvalue weighted by atomic mass is 16.6. The number of benzene rings is 1. The molecule has 1 heterocycles. The number of rotatable bonds is 2. The number of hydrogen-bond donors (Lipinski definition) is 1. The van der Waals surface area contributed by atoms with Crippen LogP contribution in [0, 0.1) is 6.92 Å². The van der Waals surface area contributed by atoms with Gasteiger partial charge in [0.1, 0.15) is 5.75 Å². The molecule has 5 heteroatoms. The molecule has 0 fully saturated rings. The van der Waals surface area contributed by atoms with Gasteiger partial charge in [0.15, 0.2) is 0 Å². The molecule has 1 aromatic heterocycles. The van der Waals surface area contributed by atoms with Crippen LogP contribution in [0.1, 0.15) is 32.0 Å². The quantitative estimate of drug-likeness (QED) is 0.902. The van der Waals surface area contributed by atoms with Gasteiger partial charge in [-0.25, -0.2) is 4.79 Å². The minimum atomic E-state index is -0.601. The molecule has 2 rings (SSSR count). The number of hydrogen-bond acceptors (Lipinski definition) is 4. The molecule has 1 N–H and O–H groups in total. The summed E-state index contributed by atoms with van der Waals surface area (Å²) >= 11 is 0. The Morgan fingerprint density at radius 1 is 1.25 bits per heavy atom. The zero-order valence-corrected chi connectivity index (χ0v) is 12.1. The summed E-state index contributed by atoms with van der Waals surface area (Å²) in [6, 6.07) is 8.84. The fourth-order valence-corrected chi connectivity index (χ4v) is 1.87. The normalized spacial score (nSPS) is 11.2. The standard InChI is InChI=1S/C15H18N2O3/c1-10-12(15(2,3)4)17-20-13(10)16-14(18)19-11-8-6-5-7-9-11/h5-9H,1-4H3,(H,16,18). The van der Waals surface area contributed by atoms with E-state index >= 15 is 0 Å². The minimum Gasteiger partial charge on any atom is -0.410 e. The van der Waals surface area contributed by atoms with Crippen LogP contribution in [0.5, 0.6) is 5.75 Å². The first kappa shape index (κ1) is 14.1. The van der Waals surface area contributed by atoms with Gasteiger partial charge >= 0.3 is 6.09 Å². The number of ether oxygens (including phenoxy) is 1. The van der Waals surface area contributed by atoms with Crippen molar-refractivity contribution in [1.29, 1.82) is 0 Å². The van der Waals surface area contributed by atoms with Crippen molar-refractivity contribution in [2.45, 2.75) is 33.1 Å². The number of anilines is 1. The topological polar surface area (TPSA) is 64.4 Å². The Kier molecular flexibility index (Phi) is 3.79. The highest BCUT2D eigenvalue weighted by Crippen LogP contribution is 2.29. The second-order valence-electron chi connectivity index (χ2n) is 5.56. The van der Waals surface area contributed by atoms with Crippen LogP contribution in [0.4, 0.5) is 10.7 Å². The maximum absolute atomic E-state index is 11.8. The van der Waals surface area contributed by atoms with Crippen LogP contribution in [-0.2, 0) is 5.41 Å². The second-order valence-corrected chi connectivity index (χ2v) is 5.56. The van der Waals surface area contributed by atoms with Crippen molar-refractivity contribution in [3.05, 3.63) is 41.6 Å². The molecule has 0 unspecified atom stereocenters. The lowest BCUT2D eigenvalue weighted by atomic mass is 9.90. The average molecular weight is 274 g/mol. The smallest absolute Gasteiger partial charge is 0.410 e. The lowest BCUT2D eigenvalue weighted by molar-refractivity contribution is 0.214. The van der Waals surface area contributed by atoms with Crippen molar-refractivity contribution in [3.8, 4) is 5.75 Å². The van der Waals surface area contributed by atoms with E-state index in [1.54, 1.807) is 24.3 Å². The predicted molar refractivity (Wildman–Crippen MR) is 76.0 cm³/mol. The first-order valence-corrected chi connectivity index (χ1v) is 6.38. The first-order chi connectivity index (χ1) is 9.38. The molecular formula is C15H18N2O3. The molecule has 0 aliphatic heterocycles. The number of para-hydroxylation sites is 1. The molecule has 0 spiro atoms. The van der Waals surface area contributed by atoms with Gasteiger partial charge in [-0.05, 0) is 19.1 Å². The second kappa shape index (κ2) is 5.36. The third-order valence-corrected chi connectivity index (χ3v) is 2.80. The van der Waals surface area contributed by atoms with E-state index in [4.69, 9.17) is 9.26 Å². The number of nitrogens with zero attached hydrogens (tertiary/aromatic N) is 1. The van der Waals surface area contributed by atoms with Crippen LogP contribution in [0.15, 0.2) is 34.9 Å². The van der Waals surface area contributed by atoms with Gasteiger partial charge < -0.3 is 9.26 Å². The van der Waals surface area contributed by atoms with Crippen molar-refractivity contribution < 1.29 is 14.1 Å². The van der Waals surface area contributed by atoms with Crippen LogP contribution in [0.25, 0.3) is 0 Å². The third-order valence-electron chi connectivity index (χ3n) is 2.80. The fourth-order valence-electron chi connectivity index (χ4n) is 1.87. The van der Waals surface area contributed by atoms with Gasteiger partial charge in [-0.15, -0.1) is 0 Å². The van der Waals surface area contributed by atoms with Crippen LogP contribution < -0.4 is 10.1 Å². The molecule has 0 atom stereocenters. The van der Waals surface area contributed by atoms with E-state index in [2.05, 4.69) is 10.5 Å². The molecule has 0 saturated heterocycles. The van der Waals surface area contributed by atoms with Crippen molar-refractivity contribution >= 4 is 12.0 Å². The first-order valence-electron chi connectivity index (χ1n) is 6.38. The summed E-state index contributed by atoms with van der Waals surface area (Å²) in [5, 5.41) is 6.56. The molecule has 1 aromatic carbocycles. The summed E-state index contributed by atoms with van der Waals surface area (Å²) < 4.78 is 10.3. The number of aromatic nitrogens is 1. The largest absolute Gasteiger partial charge is 0.419 e. The van der Waals surface area contributed by atoms with E-state index < -0.39 is 6.09 Å². The molecule has 5 nitrogen and oxygen atoms in total. The Morgan fingerprint density at radius 3 is 2.45 bits per heavy atom. The van der Waals surface area contributed by atoms with Gasteiger partial charge in [-0.3, -0.25) is 5.32 Å². The van der Waals surface area contributed by atoms with Crippen molar-refractivity contribution in [3.63, 3.8) is 0 Å². The van der Waals surface area contributed by atoms with Gasteiger partial charge in [-0.2, -0.15) is 0 Å². The molecule has 0 bridgehead atoms. The summed E-state index contributed by atoms with van der Waals surface area (Å²) in [6.45, 7) is 7.95. The molecule has 0 aliphatic rings. The van der Waals surface area contributed by atoms with Gasteiger partial charge in [0.25, 0.3) is 0 Å². The Balaban J connectivity index is 2.07. The average Bonchev–Trinajstić information content (AvgIpc) is 2.72. The Labute approximate surface area is 117 Å². The Morgan fingerprint density at radius 2 is 1.90 bits per heavy atom. The third kappa shape index (κ3) is 3.17. The van der Waals surface area contributed by atoms with E-state index in [1.807, 2.05) is 33.8 Å². The molecule has 0 radical (unpaired) electrons. The lowest BCUT2D eigenvalue weighted by Crippen LogP contribution is -2.17. The lowest BCUT2D eigenvalue weighted by Gasteiger charge is -2.14. The summed E-state index contributed by atoms with van der Waals surface area (Å²) in [5.74, 6) is 0.786. The number of nitrogens with one attached hydrogen (secondary N) is 1. The number of amides is 1. The van der Waals surface area contributed by atoms with E-state index in [0.717, 1.165) is 11.3 Å². The van der Waals surface area contributed by atoms with Gasteiger partial charge in [0.05, 0.1) is 5.69 Å². The number of carbonyl (C=O) groups excluding carboxylic acids is 1.